The highest BCUT2D eigenvalue weighted by molar-refractivity contribution is 5.95. The number of hydrogen-bond acceptors (Lipinski definition) is 4. The van der Waals surface area contributed by atoms with E-state index in [1.807, 2.05) is 104 Å². The average Bonchev–Trinajstić information content (AvgIpc) is 3.04. The maximum absolute atomic E-state index is 13.1. The van der Waals surface area contributed by atoms with Crippen molar-refractivity contribution >= 4 is 11.8 Å². The van der Waals surface area contributed by atoms with Crippen molar-refractivity contribution in [1.29, 1.82) is 0 Å². The summed E-state index contributed by atoms with van der Waals surface area (Å²) in [5.74, 6) is -0.254. The molecule has 0 saturated heterocycles. The molecule has 210 valence electrons. The summed E-state index contributed by atoms with van der Waals surface area (Å²) in [6.07, 6.45) is 0.138. The minimum atomic E-state index is -0.772. The van der Waals surface area contributed by atoms with Crippen LogP contribution in [0, 0.1) is 0 Å². The molecule has 0 saturated carbocycles. The molecule has 0 aliphatic rings. The summed E-state index contributed by atoms with van der Waals surface area (Å²) < 4.78 is 5.47. The Morgan fingerprint density at radius 3 is 1.67 bits per heavy atom. The number of Topliss-reactive ketones (excluding diaryl/α,β-unsaturated/α-hetero) is 1. The van der Waals surface area contributed by atoms with Gasteiger partial charge in [-0.1, -0.05) is 127 Å². The fraction of sp³-hybridized carbons (Fsp3) is 0.158. The number of nitrogens with one attached hydrogen (secondary N) is 1. The van der Waals surface area contributed by atoms with Gasteiger partial charge in [0.05, 0.1) is 18.6 Å². The van der Waals surface area contributed by atoms with Crippen LogP contribution in [-0.2, 0) is 15.1 Å². The van der Waals surface area contributed by atoms with E-state index in [1.54, 1.807) is 6.92 Å². The number of benzene rings is 5. The Bertz CT molecular complexity index is 1530. The van der Waals surface area contributed by atoms with E-state index in [9.17, 15) is 9.59 Å². The summed E-state index contributed by atoms with van der Waals surface area (Å²) in [7, 11) is 0. The molecule has 1 atom stereocenters. The van der Waals surface area contributed by atoms with Crippen LogP contribution in [0.25, 0.3) is 11.1 Å². The summed E-state index contributed by atoms with van der Waals surface area (Å²) in [4.78, 5) is 25.2. The third kappa shape index (κ3) is 6.24. The predicted octanol–water partition coefficient (Wildman–Crippen LogP) is 8.13. The Labute approximate surface area is 248 Å². The molecule has 0 fully saturated rings. The van der Waals surface area contributed by atoms with Crippen LogP contribution in [0.1, 0.15) is 58.9 Å². The molecule has 0 bridgehead atoms. The van der Waals surface area contributed by atoms with Crippen LogP contribution in [0.15, 0.2) is 140 Å². The van der Waals surface area contributed by atoms with Crippen LogP contribution in [0.5, 0.6) is 0 Å². The Morgan fingerprint density at radius 2 is 1.17 bits per heavy atom. The van der Waals surface area contributed by atoms with Crippen LogP contribution < -0.4 is 5.32 Å². The van der Waals surface area contributed by atoms with Gasteiger partial charge >= 0.3 is 5.97 Å². The van der Waals surface area contributed by atoms with Crippen LogP contribution in [0.2, 0.25) is 0 Å². The normalized spacial score (nSPS) is 12.0. The number of ether oxygens (including phenoxy) is 1. The van der Waals surface area contributed by atoms with E-state index in [-0.39, 0.29) is 18.2 Å². The second-order valence-electron chi connectivity index (χ2n) is 10.3. The first-order chi connectivity index (χ1) is 20.5. The van der Waals surface area contributed by atoms with Crippen molar-refractivity contribution in [2.45, 2.75) is 31.8 Å². The van der Waals surface area contributed by atoms with Gasteiger partial charge in [-0.15, -0.1) is 0 Å². The number of esters is 1. The molecule has 5 rings (SSSR count). The van der Waals surface area contributed by atoms with E-state index >= 15 is 0 Å². The van der Waals surface area contributed by atoms with Gasteiger partial charge in [0.25, 0.3) is 0 Å². The van der Waals surface area contributed by atoms with Gasteiger partial charge in [0.15, 0.2) is 5.78 Å². The fourth-order valence-corrected chi connectivity index (χ4v) is 5.57. The molecule has 0 heterocycles. The summed E-state index contributed by atoms with van der Waals surface area (Å²) >= 11 is 0. The van der Waals surface area contributed by atoms with E-state index in [2.05, 4.69) is 47.8 Å². The molecule has 5 aromatic carbocycles. The van der Waals surface area contributed by atoms with Crippen molar-refractivity contribution in [3.05, 3.63) is 167 Å². The molecule has 1 unspecified atom stereocenters. The third-order valence-corrected chi connectivity index (χ3v) is 7.58. The molecule has 4 heteroatoms. The van der Waals surface area contributed by atoms with E-state index in [1.165, 1.54) is 0 Å². The lowest BCUT2D eigenvalue weighted by Crippen LogP contribution is -2.47. The topological polar surface area (TPSA) is 55.4 Å². The number of hydrogen-bond donors (Lipinski definition) is 1. The van der Waals surface area contributed by atoms with Gasteiger partial charge in [0, 0.05) is 11.6 Å². The van der Waals surface area contributed by atoms with Gasteiger partial charge in [-0.25, -0.2) is 0 Å². The summed E-state index contributed by atoms with van der Waals surface area (Å²) in [6, 6.07) is 46.4. The zero-order valence-corrected chi connectivity index (χ0v) is 24.0. The Hall–Kier alpha value is -4.80. The van der Waals surface area contributed by atoms with Crippen molar-refractivity contribution in [3.63, 3.8) is 0 Å². The van der Waals surface area contributed by atoms with Crippen LogP contribution in [0.3, 0.4) is 0 Å². The minimum absolute atomic E-state index is 0.0215. The first-order valence-corrected chi connectivity index (χ1v) is 14.3. The molecular weight excluding hydrogens is 518 g/mol. The van der Waals surface area contributed by atoms with Gasteiger partial charge in [-0.2, -0.15) is 0 Å². The molecule has 0 spiro atoms. The lowest BCUT2D eigenvalue weighted by Gasteiger charge is -2.40. The summed E-state index contributed by atoms with van der Waals surface area (Å²) in [5, 5.41) is 3.98. The zero-order chi connectivity index (χ0) is 29.4. The standard InChI is InChI=1S/C38H35NO3/c1-3-42-37(41)27-36(32-18-14-17-31(26-32)30-16-13-15-29(25-30)28(2)40)39-38(33-19-7-4-8-20-33,34-21-9-5-10-22-34)35-23-11-6-12-24-35/h4-26,36,39H,3,27H2,1-2H3. The Kier molecular flexibility index (Phi) is 9.05. The predicted molar refractivity (Wildman–Crippen MR) is 168 cm³/mol. The number of ketones is 1. The average molecular weight is 554 g/mol. The van der Waals surface area contributed by atoms with Gasteiger partial charge in [-0.3, -0.25) is 14.9 Å². The van der Waals surface area contributed by atoms with Crippen molar-refractivity contribution in [3.8, 4) is 11.1 Å². The quantitative estimate of drug-likeness (QED) is 0.102. The number of rotatable bonds is 11. The maximum atomic E-state index is 13.1. The second-order valence-corrected chi connectivity index (χ2v) is 10.3. The molecule has 0 aliphatic carbocycles. The van der Waals surface area contributed by atoms with Crippen LogP contribution >= 0.6 is 0 Å². The third-order valence-electron chi connectivity index (χ3n) is 7.58. The lowest BCUT2D eigenvalue weighted by molar-refractivity contribution is -0.143. The van der Waals surface area contributed by atoms with Crippen LogP contribution in [-0.4, -0.2) is 18.4 Å². The molecule has 0 amide bonds. The molecule has 1 N–H and O–H groups in total. The van der Waals surface area contributed by atoms with Crippen molar-refractivity contribution < 1.29 is 14.3 Å². The lowest BCUT2D eigenvalue weighted by atomic mass is 9.76. The van der Waals surface area contributed by atoms with Crippen LogP contribution in [0.4, 0.5) is 0 Å². The largest absolute Gasteiger partial charge is 0.466 e. The van der Waals surface area contributed by atoms with Crippen molar-refractivity contribution in [1.82, 2.24) is 5.32 Å². The van der Waals surface area contributed by atoms with E-state index in [0.29, 0.717) is 12.2 Å². The first kappa shape index (κ1) is 28.7. The molecule has 0 aromatic heterocycles. The number of carbonyl (C=O) groups excluding carboxylic acids is 2. The Morgan fingerprint density at radius 1 is 0.667 bits per heavy atom. The highest BCUT2D eigenvalue weighted by Gasteiger charge is 2.39. The smallest absolute Gasteiger partial charge is 0.307 e. The van der Waals surface area contributed by atoms with Gasteiger partial charge in [0.2, 0.25) is 0 Å². The Balaban J connectivity index is 1.69. The van der Waals surface area contributed by atoms with Gasteiger partial charge in [0.1, 0.15) is 0 Å². The molecule has 4 nitrogen and oxygen atoms in total. The van der Waals surface area contributed by atoms with E-state index in [0.717, 1.165) is 33.4 Å². The molecule has 0 aliphatic heterocycles. The number of carbonyl (C=O) groups is 2. The maximum Gasteiger partial charge on any atom is 0.307 e. The first-order valence-electron chi connectivity index (χ1n) is 14.3. The van der Waals surface area contributed by atoms with Gasteiger partial charge < -0.3 is 4.74 Å². The second kappa shape index (κ2) is 13.2. The fourth-order valence-electron chi connectivity index (χ4n) is 5.57. The molecule has 5 aromatic rings. The monoisotopic (exact) mass is 553 g/mol. The van der Waals surface area contributed by atoms with Crippen molar-refractivity contribution in [2.24, 2.45) is 0 Å². The summed E-state index contributed by atoms with van der Waals surface area (Å²) in [6.45, 7) is 3.71. The molecular formula is C38H35NO3. The van der Waals surface area contributed by atoms with Gasteiger partial charge in [-0.05, 0) is 59.4 Å². The van der Waals surface area contributed by atoms with Crippen molar-refractivity contribution in [2.75, 3.05) is 6.61 Å². The SMILES string of the molecule is CCOC(=O)CC(NC(c1ccccc1)(c1ccccc1)c1ccccc1)c1cccc(-c2cccc(C(C)=O)c2)c1. The highest BCUT2D eigenvalue weighted by Crippen LogP contribution is 2.40. The molecule has 42 heavy (non-hydrogen) atoms. The summed E-state index contributed by atoms with van der Waals surface area (Å²) in [5.41, 5.74) is 5.92. The van der Waals surface area contributed by atoms with E-state index in [4.69, 9.17) is 4.74 Å². The zero-order valence-electron chi connectivity index (χ0n) is 24.0. The minimum Gasteiger partial charge on any atom is -0.466 e. The molecule has 0 radical (unpaired) electrons. The highest BCUT2D eigenvalue weighted by atomic mass is 16.5. The van der Waals surface area contributed by atoms with E-state index < -0.39 is 11.6 Å².